The fraction of sp³-hybridized carbons (Fsp3) is 0.280. The molecular formula is C25H26N4O4S2. The van der Waals surface area contributed by atoms with Gasteiger partial charge in [0.2, 0.25) is 0 Å². The van der Waals surface area contributed by atoms with Crippen molar-refractivity contribution in [3.05, 3.63) is 80.6 Å². The molecule has 1 saturated heterocycles. The maximum atomic E-state index is 13.5. The summed E-state index contributed by atoms with van der Waals surface area (Å²) in [5, 5.41) is 12.0. The maximum Gasteiger partial charge on any atom is 0.267 e. The number of carbonyl (C=O) groups excluding carboxylic acids is 1. The summed E-state index contributed by atoms with van der Waals surface area (Å²) in [5.74, 6) is 0.112. The number of ether oxygens (including phenoxy) is 1. The second-order valence-electron chi connectivity index (χ2n) is 7.97. The number of carbonyl (C=O) groups is 1. The lowest BCUT2D eigenvalue weighted by molar-refractivity contribution is -0.123. The minimum absolute atomic E-state index is 0.0662. The molecule has 0 saturated carbocycles. The van der Waals surface area contributed by atoms with Gasteiger partial charge in [0.05, 0.1) is 36.3 Å². The van der Waals surface area contributed by atoms with Crippen molar-refractivity contribution >= 4 is 51.7 Å². The van der Waals surface area contributed by atoms with Gasteiger partial charge in [-0.05, 0) is 37.1 Å². The van der Waals surface area contributed by atoms with Crippen molar-refractivity contribution in [3.8, 4) is 0 Å². The summed E-state index contributed by atoms with van der Waals surface area (Å²) in [4.78, 5) is 33.4. The number of pyridine rings is 1. The maximum absolute atomic E-state index is 13.5. The number of aliphatic hydroxyl groups is 1. The van der Waals surface area contributed by atoms with Gasteiger partial charge in [0.1, 0.15) is 15.8 Å². The Morgan fingerprint density at radius 1 is 1.20 bits per heavy atom. The number of nitrogens with one attached hydrogen (secondary N) is 1. The third-order valence-corrected chi connectivity index (χ3v) is 6.96. The average molecular weight is 511 g/mol. The monoisotopic (exact) mass is 510 g/mol. The van der Waals surface area contributed by atoms with Crippen molar-refractivity contribution < 1.29 is 14.6 Å². The number of aromatic nitrogens is 2. The van der Waals surface area contributed by atoms with Crippen molar-refractivity contribution in [1.82, 2.24) is 14.3 Å². The third kappa shape index (κ3) is 5.30. The molecule has 8 nitrogen and oxygen atoms in total. The van der Waals surface area contributed by atoms with E-state index in [4.69, 9.17) is 22.1 Å². The number of thioether (sulfide) groups is 1. The van der Waals surface area contributed by atoms with Gasteiger partial charge in [0, 0.05) is 12.7 Å². The van der Waals surface area contributed by atoms with Crippen LogP contribution in [0.1, 0.15) is 29.7 Å². The summed E-state index contributed by atoms with van der Waals surface area (Å²) in [6.45, 7) is 4.67. The zero-order valence-corrected chi connectivity index (χ0v) is 21.1. The number of nitrogens with zero attached hydrogens (tertiary/aromatic N) is 3. The first-order valence-corrected chi connectivity index (χ1v) is 12.4. The Labute approximate surface area is 212 Å². The minimum atomic E-state index is -0.293. The van der Waals surface area contributed by atoms with Crippen LogP contribution in [0.3, 0.4) is 0 Å². The van der Waals surface area contributed by atoms with Crippen molar-refractivity contribution in [2.24, 2.45) is 0 Å². The number of rotatable bonds is 9. The van der Waals surface area contributed by atoms with E-state index >= 15 is 0 Å². The van der Waals surface area contributed by atoms with Crippen LogP contribution in [0, 0.1) is 6.92 Å². The Balaban J connectivity index is 1.71. The summed E-state index contributed by atoms with van der Waals surface area (Å²) in [7, 11) is 0. The van der Waals surface area contributed by atoms with Gasteiger partial charge in [-0.2, -0.15) is 0 Å². The zero-order valence-electron chi connectivity index (χ0n) is 19.4. The smallest absolute Gasteiger partial charge is 0.267 e. The predicted molar refractivity (Wildman–Crippen MR) is 142 cm³/mol. The molecule has 1 aliphatic rings. The molecule has 0 bridgehead atoms. The van der Waals surface area contributed by atoms with E-state index in [-0.39, 0.29) is 36.3 Å². The molecule has 1 fully saturated rings. The van der Waals surface area contributed by atoms with Crippen LogP contribution in [0.2, 0.25) is 0 Å². The molecule has 2 N–H and O–H groups in total. The molecule has 0 spiro atoms. The van der Waals surface area contributed by atoms with Crippen LogP contribution in [0.5, 0.6) is 0 Å². The lowest BCUT2D eigenvalue weighted by Crippen LogP contribution is -2.31. The minimum Gasteiger partial charge on any atom is -0.394 e. The largest absolute Gasteiger partial charge is 0.394 e. The van der Waals surface area contributed by atoms with Gasteiger partial charge < -0.3 is 15.2 Å². The van der Waals surface area contributed by atoms with Crippen LogP contribution in [0.25, 0.3) is 11.7 Å². The second kappa shape index (κ2) is 11.1. The van der Waals surface area contributed by atoms with Crippen molar-refractivity contribution in [1.29, 1.82) is 0 Å². The summed E-state index contributed by atoms with van der Waals surface area (Å²) in [6.07, 6.45) is 3.23. The number of aryl methyl sites for hydroxylation is 1. The molecule has 1 atom stereocenters. The van der Waals surface area contributed by atoms with Gasteiger partial charge in [0.25, 0.3) is 11.5 Å². The highest BCUT2D eigenvalue weighted by molar-refractivity contribution is 8.26. The zero-order chi connectivity index (χ0) is 24.9. The first kappa shape index (κ1) is 25.1. The lowest BCUT2D eigenvalue weighted by Gasteiger charge is -2.23. The summed E-state index contributed by atoms with van der Waals surface area (Å²) < 4.78 is 7.23. The predicted octanol–water partition coefficient (Wildman–Crippen LogP) is 3.39. The first-order chi connectivity index (χ1) is 16.9. The number of aliphatic hydroxyl groups excluding tert-OH is 1. The summed E-state index contributed by atoms with van der Waals surface area (Å²) >= 11 is 6.71. The number of fused-ring (bicyclic) bond motifs is 1. The van der Waals surface area contributed by atoms with E-state index in [9.17, 15) is 9.59 Å². The highest BCUT2D eigenvalue weighted by Gasteiger charge is 2.36. The van der Waals surface area contributed by atoms with Gasteiger partial charge in [-0.3, -0.25) is 18.9 Å². The third-order valence-electron chi connectivity index (χ3n) is 5.63. The van der Waals surface area contributed by atoms with Crippen LogP contribution < -0.4 is 10.9 Å². The standard InChI is InChI=1S/C25H26N4O4S2/c1-16-7-6-11-28-22(16)27-21(26-10-13-33-14-12-30)19(23(28)31)15-20-24(32)29(25(34)35-20)17(2)18-8-4-3-5-9-18/h3-9,11,15,17,26,30H,10,12-14H2,1-2H3. The Hall–Kier alpha value is -3.05. The van der Waals surface area contributed by atoms with E-state index in [0.29, 0.717) is 33.8 Å². The van der Waals surface area contributed by atoms with Gasteiger partial charge in [-0.1, -0.05) is 60.4 Å². The van der Waals surface area contributed by atoms with E-state index in [1.165, 1.54) is 16.2 Å². The Morgan fingerprint density at radius 2 is 1.97 bits per heavy atom. The molecule has 0 radical (unpaired) electrons. The molecule has 1 amide bonds. The highest BCUT2D eigenvalue weighted by atomic mass is 32.2. The number of benzene rings is 1. The molecular weight excluding hydrogens is 484 g/mol. The quantitative estimate of drug-likeness (QED) is 0.257. The molecule has 1 aromatic carbocycles. The second-order valence-corrected chi connectivity index (χ2v) is 9.64. The topological polar surface area (TPSA) is 96.2 Å². The summed E-state index contributed by atoms with van der Waals surface area (Å²) in [6, 6.07) is 13.1. The van der Waals surface area contributed by atoms with Gasteiger partial charge in [-0.25, -0.2) is 4.98 Å². The molecule has 10 heteroatoms. The van der Waals surface area contributed by atoms with Crippen LogP contribution in [0.15, 0.2) is 58.4 Å². The van der Waals surface area contributed by atoms with E-state index < -0.39 is 0 Å². The number of amides is 1. The highest BCUT2D eigenvalue weighted by Crippen LogP contribution is 2.38. The molecule has 3 aromatic rings. The van der Waals surface area contributed by atoms with Gasteiger partial charge >= 0.3 is 0 Å². The lowest BCUT2D eigenvalue weighted by atomic mass is 10.1. The van der Waals surface area contributed by atoms with Crippen molar-refractivity contribution in [3.63, 3.8) is 0 Å². The van der Waals surface area contributed by atoms with Crippen LogP contribution in [0.4, 0.5) is 5.82 Å². The van der Waals surface area contributed by atoms with Gasteiger partial charge in [0.15, 0.2) is 0 Å². The number of hydrogen-bond donors (Lipinski definition) is 2. The normalized spacial score (nSPS) is 15.9. The summed E-state index contributed by atoms with van der Waals surface area (Å²) in [5.41, 5.74) is 2.32. The number of anilines is 1. The van der Waals surface area contributed by atoms with Crippen LogP contribution in [-0.4, -0.2) is 56.0 Å². The fourth-order valence-electron chi connectivity index (χ4n) is 3.81. The van der Waals surface area contributed by atoms with E-state index in [2.05, 4.69) is 10.3 Å². The molecule has 1 aliphatic heterocycles. The van der Waals surface area contributed by atoms with Crippen molar-refractivity contribution in [2.45, 2.75) is 19.9 Å². The van der Waals surface area contributed by atoms with E-state index in [1.54, 1.807) is 23.2 Å². The van der Waals surface area contributed by atoms with Crippen LogP contribution in [-0.2, 0) is 9.53 Å². The number of thiocarbonyl (C=S) groups is 1. The molecule has 182 valence electrons. The molecule has 3 heterocycles. The SMILES string of the molecule is Cc1cccn2c(=O)c(C=C3SC(=S)N(C(C)c4ccccc4)C3=O)c(NCCOCCO)nc12. The van der Waals surface area contributed by atoms with E-state index in [0.717, 1.165) is 11.1 Å². The number of hydrogen-bond acceptors (Lipinski definition) is 8. The van der Waals surface area contributed by atoms with Crippen LogP contribution >= 0.6 is 24.0 Å². The average Bonchev–Trinajstić information content (AvgIpc) is 3.14. The molecule has 1 unspecified atom stereocenters. The van der Waals surface area contributed by atoms with Gasteiger partial charge in [-0.15, -0.1) is 0 Å². The van der Waals surface area contributed by atoms with Crippen molar-refractivity contribution in [2.75, 3.05) is 31.7 Å². The molecule has 2 aromatic heterocycles. The Kier molecular flexibility index (Phi) is 7.97. The Bertz CT molecular complexity index is 1340. The first-order valence-electron chi connectivity index (χ1n) is 11.2. The molecule has 4 rings (SSSR count). The van der Waals surface area contributed by atoms with E-state index in [1.807, 2.05) is 50.2 Å². The molecule has 35 heavy (non-hydrogen) atoms. The molecule has 0 aliphatic carbocycles. The fourth-order valence-corrected chi connectivity index (χ4v) is 5.21. The Morgan fingerprint density at radius 3 is 2.71 bits per heavy atom.